The van der Waals surface area contributed by atoms with E-state index in [1.165, 1.54) is 0 Å². The fourth-order valence-electron chi connectivity index (χ4n) is 1.87. The molecule has 0 fully saturated rings. The summed E-state index contributed by atoms with van der Waals surface area (Å²) < 4.78 is 7.00. The lowest BCUT2D eigenvalue weighted by atomic mass is 10.1. The van der Waals surface area contributed by atoms with E-state index < -0.39 is 0 Å². The van der Waals surface area contributed by atoms with Gasteiger partial charge in [0.05, 0.1) is 18.6 Å². The highest BCUT2D eigenvalue weighted by molar-refractivity contribution is 5.13. The Morgan fingerprint density at radius 3 is 2.94 bits per heavy atom. The first-order valence-corrected chi connectivity index (χ1v) is 6.05. The number of rotatable bonds is 6. The van der Waals surface area contributed by atoms with Crippen LogP contribution in [-0.4, -0.2) is 14.8 Å². The van der Waals surface area contributed by atoms with Crippen molar-refractivity contribution >= 4 is 0 Å². The van der Waals surface area contributed by atoms with E-state index in [1.54, 1.807) is 18.9 Å². The van der Waals surface area contributed by atoms with Crippen molar-refractivity contribution in [2.75, 3.05) is 0 Å². The van der Waals surface area contributed by atoms with Crippen molar-refractivity contribution in [2.45, 2.75) is 32.9 Å². The molecular weight excluding hydrogens is 230 g/mol. The van der Waals surface area contributed by atoms with Crippen LogP contribution in [0.2, 0.25) is 0 Å². The molecule has 0 aliphatic rings. The number of hydrogen-bond acceptors (Lipinski definition) is 5. The minimum absolute atomic E-state index is 0.0149. The summed E-state index contributed by atoms with van der Waals surface area (Å²) >= 11 is 0. The van der Waals surface area contributed by atoms with Gasteiger partial charge in [-0.2, -0.15) is 5.10 Å². The molecule has 0 aliphatic heterocycles. The van der Waals surface area contributed by atoms with E-state index in [4.69, 9.17) is 10.3 Å². The topological polar surface area (TPSA) is 81.9 Å². The fourth-order valence-corrected chi connectivity index (χ4v) is 1.87. The van der Waals surface area contributed by atoms with E-state index in [9.17, 15) is 0 Å². The number of nitrogens with one attached hydrogen (secondary N) is 1. The van der Waals surface area contributed by atoms with Crippen LogP contribution in [0.4, 0.5) is 0 Å². The maximum absolute atomic E-state index is 5.58. The monoisotopic (exact) mass is 249 g/mol. The Morgan fingerprint density at radius 1 is 1.50 bits per heavy atom. The summed E-state index contributed by atoms with van der Waals surface area (Å²) in [5.41, 5.74) is 3.79. The number of hydrogen-bond donors (Lipinski definition) is 2. The molecule has 0 saturated heterocycles. The lowest BCUT2D eigenvalue weighted by molar-refractivity contribution is 0.445. The molecule has 0 saturated carbocycles. The molecule has 2 aromatic rings. The zero-order valence-electron chi connectivity index (χ0n) is 10.7. The quantitative estimate of drug-likeness (QED) is 0.595. The van der Waals surface area contributed by atoms with Gasteiger partial charge in [-0.15, -0.1) is 0 Å². The Kier molecular flexibility index (Phi) is 4.11. The van der Waals surface area contributed by atoms with Gasteiger partial charge in [-0.25, -0.2) is 9.67 Å². The van der Waals surface area contributed by atoms with Crippen molar-refractivity contribution in [3.8, 4) is 0 Å². The standard InChI is InChI=1S/C12H19N5O/c1-9(2)6-17-12(14-8-15-17)5-11(16-13)10-3-4-18-7-10/h3-4,7-9,11,16H,5-6,13H2,1-2H3. The molecule has 3 N–H and O–H groups in total. The number of nitrogens with two attached hydrogens (primary N) is 1. The van der Waals surface area contributed by atoms with Gasteiger partial charge in [0.2, 0.25) is 0 Å². The number of hydrazine groups is 1. The molecule has 0 spiro atoms. The largest absolute Gasteiger partial charge is 0.472 e. The zero-order valence-corrected chi connectivity index (χ0v) is 10.7. The third kappa shape index (κ3) is 2.96. The third-order valence-corrected chi connectivity index (χ3v) is 2.77. The Morgan fingerprint density at radius 2 is 2.33 bits per heavy atom. The van der Waals surface area contributed by atoms with E-state index in [0.717, 1.165) is 17.9 Å². The van der Waals surface area contributed by atoms with Gasteiger partial charge in [0.25, 0.3) is 0 Å². The number of furan rings is 1. The molecule has 0 amide bonds. The molecule has 2 rings (SSSR count). The molecular formula is C12H19N5O. The van der Waals surface area contributed by atoms with Gasteiger partial charge >= 0.3 is 0 Å². The van der Waals surface area contributed by atoms with Crippen LogP contribution in [0.3, 0.4) is 0 Å². The Balaban J connectivity index is 2.10. The van der Waals surface area contributed by atoms with Crippen molar-refractivity contribution < 1.29 is 4.42 Å². The highest BCUT2D eigenvalue weighted by Crippen LogP contribution is 2.17. The molecule has 98 valence electrons. The molecule has 2 heterocycles. The van der Waals surface area contributed by atoms with Crippen LogP contribution in [0.1, 0.15) is 31.3 Å². The van der Waals surface area contributed by atoms with Crippen molar-refractivity contribution in [1.82, 2.24) is 20.2 Å². The number of aromatic nitrogens is 3. The normalized spacial score (nSPS) is 13.1. The molecule has 1 atom stereocenters. The van der Waals surface area contributed by atoms with Crippen LogP contribution in [0.25, 0.3) is 0 Å². The van der Waals surface area contributed by atoms with E-state index in [0.29, 0.717) is 12.3 Å². The minimum Gasteiger partial charge on any atom is -0.472 e. The van der Waals surface area contributed by atoms with Crippen LogP contribution < -0.4 is 11.3 Å². The average molecular weight is 249 g/mol. The molecule has 2 aromatic heterocycles. The van der Waals surface area contributed by atoms with E-state index in [1.807, 2.05) is 10.7 Å². The maximum Gasteiger partial charge on any atom is 0.138 e. The molecule has 0 aromatic carbocycles. The van der Waals surface area contributed by atoms with E-state index in [2.05, 4.69) is 29.4 Å². The summed E-state index contributed by atoms with van der Waals surface area (Å²) in [6.45, 7) is 5.17. The Bertz CT molecular complexity index is 463. The summed E-state index contributed by atoms with van der Waals surface area (Å²) in [5.74, 6) is 7.04. The maximum atomic E-state index is 5.58. The van der Waals surface area contributed by atoms with Crippen molar-refractivity contribution in [1.29, 1.82) is 0 Å². The van der Waals surface area contributed by atoms with Crippen LogP contribution >= 0.6 is 0 Å². The van der Waals surface area contributed by atoms with Crippen LogP contribution in [-0.2, 0) is 13.0 Å². The van der Waals surface area contributed by atoms with Gasteiger partial charge in [-0.05, 0) is 12.0 Å². The van der Waals surface area contributed by atoms with Gasteiger partial charge in [0.15, 0.2) is 0 Å². The first-order valence-electron chi connectivity index (χ1n) is 6.05. The first kappa shape index (κ1) is 12.8. The van der Waals surface area contributed by atoms with Gasteiger partial charge in [0, 0.05) is 18.5 Å². The van der Waals surface area contributed by atoms with Crippen LogP contribution in [0.15, 0.2) is 29.3 Å². The molecule has 6 heteroatoms. The van der Waals surface area contributed by atoms with Crippen molar-refractivity contribution in [3.63, 3.8) is 0 Å². The van der Waals surface area contributed by atoms with E-state index in [-0.39, 0.29) is 6.04 Å². The third-order valence-electron chi connectivity index (χ3n) is 2.77. The molecule has 18 heavy (non-hydrogen) atoms. The van der Waals surface area contributed by atoms with Gasteiger partial charge in [-0.1, -0.05) is 13.8 Å². The predicted octanol–water partition coefficient (Wildman–Crippen LogP) is 1.27. The second-order valence-electron chi connectivity index (χ2n) is 4.73. The number of nitrogens with zero attached hydrogens (tertiary/aromatic N) is 3. The fraction of sp³-hybridized carbons (Fsp3) is 0.500. The minimum atomic E-state index is -0.0149. The van der Waals surface area contributed by atoms with Crippen molar-refractivity contribution in [2.24, 2.45) is 11.8 Å². The van der Waals surface area contributed by atoms with Crippen LogP contribution in [0, 0.1) is 5.92 Å². The Hall–Kier alpha value is -1.66. The SMILES string of the molecule is CC(C)Cn1ncnc1CC(NN)c1ccoc1. The summed E-state index contributed by atoms with van der Waals surface area (Å²) in [4.78, 5) is 4.29. The zero-order chi connectivity index (χ0) is 13.0. The molecule has 0 bridgehead atoms. The van der Waals surface area contributed by atoms with E-state index >= 15 is 0 Å². The summed E-state index contributed by atoms with van der Waals surface area (Å²) in [5, 5.41) is 4.24. The molecule has 0 radical (unpaired) electrons. The average Bonchev–Trinajstić information content (AvgIpc) is 2.96. The summed E-state index contributed by atoms with van der Waals surface area (Å²) in [6.07, 6.45) is 5.59. The lowest BCUT2D eigenvalue weighted by Gasteiger charge is -2.15. The van der Waals surface area contributed by atoms with Gasteiger partial charge in [-0.3, -0.25) is 11.3 Å². The van der Waals surface area contributed by atoms with Crippen molar-refractivity contribution in [3.05, 3.63) is 36.3 Å². The summed E-state index contributed by atoms with van der Waals surface area (Å²) in [7, 11) is 0. The molecule has 0 aliphatic carbocycles. The highest BCUT2D eigenvalue weighted by Gasteiger charge is 2.16. The first-order chi connectivity index (χ1) is 8.70. The smallest absolute Gasteiger partial charge is 0.138 e. The highest BCUT2D eigenvalue weighted by atomic mass is 16.3. The second kappa shape index (κ2) is 5.79. The Labute approximate surface area is 106 Å². The molecule has 1 unspecified atom stereocenters. The predicted molar refractivity (Wildman–Crippen MR) is 67.3 cm³/mol. The van der Waals surface area contributed by atoms with Gasteiger partial charge < -0.3 is 4.42 Å². The van der Waals surface area contributed by atoms with Gasteiger partial charge in [0.1, 0.15) is 12.2 Å². The van der Waals surface area contributed by atoms with Crippen LogP contribution in [0.5, 0.6) is 0 Å². The molecule has 6 nitrogen and oxygen atoms in total. The second-order valence-corrected chi connectivity index (χ2v) is 4.73. The lowest BCUT2D eigenvalue weighted by Crippen LogP contribution is -2.30. The summed E-state index contributed by atoms with van der Waals surface area (Å²) in [6, 6.07) is 1.88.